The summed E-state index contributed by atoms with van der Waals surface area (Å²) in [6.07, 6.45) is 1.76. The second kappa shape index (κ2) is 8.53. The first kappa shape index (κ1) is 19.3. The molecule has 0 aliphatic carbocycles. The molecule has 1 fully saturated rings. The lowest BCUT2D eigenvalue weighted by molar-refractivity contribution is 0.184. The van der Waals surface area contributed by atoms with Crippen molar-refractivity contribution in [3.8, 4) is 17.1 Å². The van der Waals surface area contributed by atoms with Crippen LogP contribution in [0.3, 0.4) is 0 Å². The summed E-state index contributed by atoms with van der Waals surface area (Å²) in [4.78, 5) is 19.0. The van der Waals surface area contributed by atoms with Crippen molar-refractivity contribution in [2.45, 2.75) is 18.8 Å². The van der Waals surface area contributed by atoms with E-state index in [4.69, 9.17) is 20.9 Å². The van der Waals surface area contributed by atoms with E-state index in [1.54, 1.807) is 24.1 Å². The monoisotopic (exact) mass is 412 g/mol. The molecule has 7 nitrogen and oxygen atoms in total. The average molecular weight is 413 g/mol. The quantitative estimate of drug-likeness (QED) is 0.665. The Kier molecular flexibility index (Phi) is 5.67. The molecule has 0 bridgehead atoms. The molecule has 0 radical (unpaired) electrons. The number of hydrogen-bond acceptors (Lipinski definition) is 5. The van der Waals surface area contributed by atoms with Crippen molar-refractivity contribution in [2.75, 3.05) is 25.5 Å². The predicted octanol–water partition coefficient (Wildman–Crippen LogP) is 4.81. The fourth-order valence-electron chi connectivity index (χ4n) is 3.39. The molecular formula is C21H21ClN4O3. The lowest BCUT2D eigenvalue weighted by atomic mass is 9.98. The van der Waals surface area contributed by atoms with E-state index in [1.165, 1.54) is 0 Å². The zero-order valence-corrected chi connectivity index (χ0v) is 16.7. The van der Waals surface area contributed by atoms with Crippen LogP contribution < -0.4 is 10.1 Å². The van der Waals surface area contributed by atoms with Crippen LogP contribution in [0.15, 0.2) is 53.1 Å². The molecular weight excluding hydrogens is 392 g/mol. The number of carbonyl (C=O) groups is 1. The Hall–Kier alpha value is -3.06. The first-order valence-corrected chi connectivity index (χ1v) is 9.79. The summed E-state index contributed by atoms with van der Waals surface area (Å²) in [7, 11) is 1.61. The van der Waals surface area contributed by atoms with E-state index in [0.29, 0.717) is 29.8 Å². The van der Waals surface area contributed by atoms with Gasteiger partial charge in [-0.15, -0.1) is 0 Å². The number of hydrogen-bond donors (Lipinski definition) is 1. The number of anilines is 1. The minimum absolute atomic E-state index is 0.00537. The Morgan fingerprint density at radius 1 is 1.28 bits per heavy atom. The Morgan fingerprint density at radius 2 is 2.10 bits per heavy atom. The Bertz CT molecular complexity index is 990. The third-order valence-corrected chi connectivity index (χ3v) is 5.16. The van der Waals surface area contributed by atoms with Gasteiger partial charge in [-0.25, -0.2) is 4.79 Å². The lowest BCUT2D eigenvalue weighted by Gasteiger charge is -2.31. The minimum Gasteiger partial charge on any atom is -0.497 e. The molecule has 0 spiro atoms. The molecule has 2 amide bonds. The lowest BCUT2D eigenvalue weighted by Crippen LogP contribution is -2.41. The van der Waals surface area contributed by atoms with Crippen molar-refractivity contribution in [1.29, 1.82) is 0 Å². The van der Waals surface area contributed by atoms with Gasteiger partial charge in [0.2, 0.25) is 11.7 Å². The summed E-state index contributed by atoms with van der Waals surface area (Å²) in [6.45, 7) is 1.22. The molecule has 1 aromatic heterocycles. The largest absolute Gasteiger partial charge is 0.497 e. The van der Waals surface area contributed by atoms with E-state index < -0.39 is 0 Å². The molecule has 1 N–H and O–H groups in total. The molecule has 2 heterocycles. The summed E-state index contributed by atoms with van der Waals surface area (Å²) < 4.78 is 10.6. The SMILES string of the molecule is COc1ccc(NC(=O)N2CCCC(c3nc(-c4cccc(Cl)c4)no3)C2)cc1. The Labute approximate surface area is 173 Å². The average Bonchev–Trinajstić information content (AvgIpc) is 3.25. The van der Waals surface area contributed by atoms with Crippen LogP contribution in [0.25, 0.3) is 11.4 Å². The van der Waals surface area contributed by atoms with Gasteiger partial charge in [0, 0.05) is 29.4 Å². The summed E-state index contributed by atoms with van der Waals surface area (Å²) in [5.41, 5.74) is 1.52. The van der Waals surface area contributed by atoms with Gasteiger partial charge >= 0.3 is 6.03 Å². The van der Waals surface area contributed by atoms with Crippen LogP contribution in [0.5, 0.6) is 5.75 Å². The number of urea groups is 1. The van der Waals surface area contributed by atoms with Crippen molar-refractivity contribution >= 4 is 23.3 Å². The standard InChI is InChI=1S/C21H21ClN4O3/c1-28-18-9-7-17(8-10-18)23-21(27)26-11-3-5-15(13-26)20-24-19(25-29-20)14-4-2-6-16(22)12-14/h2,4,6-10,12,15H,3,5,11,13H2,1H3,(H,23,27). The van der Waals surface area contributed by atoms with E-state index in [1.807, 2.05) is 36.4 Å². The summed E-state index contributed by atoms with van der Waals surface area (Å²) >= 11 is 6.04. The summed E-state index contributed by atoms with van der Waals surface area (Å²) in [5.74, 6) is 1.79. The molecule has 1 aliphatic rings. The van der Waals surface area contributed by atoms with Gasteiger partial charge in [-0.2, -0.15) is 4.98 Å². The maximum Gasteiger partial charge on any atom is 0.321 e. The number of amides is 2. The van der Waals surface area contributed by atoms with Crippen LogP contribution in [0.4, 0.5) is 10.5 Å². The van der Waals surface area contributed by atoms with Crippen LogP contribution in [-0.2, 0) is 0 Å². The molecule has 29 heavy (non-hydrogen) atoms. The van der Waals surface area contributed by atoms with E-state index in [-0.39, 0.29) is 11.9 Å². The van der Waals surface area contributed by atoms with Crippen LogP contribution in [0.1, 0.15) is 24.7 Å². The number of piperidine rings is 1. The Morgan fingerprint density at radius 3 is 2.86 bits per heavy atom. The first-order valence-electron chi connectivity index (χ1n) is 9.42. The summed E-state index contributed by atoms with van der Waals surface area (Å²) in [6, 6.07) is 14.4. The normalized spacial score (nSPS) is 16.5. The van der Waals surface area contributed by atoms with Crippen molar-refractivity contribution in [3.63, 3.8) is 0 Å². The number of aromatic nitrogens is 2. The number of likely N-dealkylation sites (tertiary alicyclic amines) is 1. The van der Waals surface area contributed by atoms with Gasteiger partial charge in [0.15, 0.2) is 0 Å². The molecule has 4 rings (SSSR count). The first-order chi connectivity index (χ1) is 14.1. The van der Waals surface area contributed by atoms with Gasteiger partial charge in [-0.1, -0.05) is 28.9 Å². The molecule has 2 aromatic carbocycles. The highest BCUT2D eigenvalue weighted by atomic mass is 35.5. The molecule has 0 saturated carbocycles. The molecule has 1 atom stereocenters. The van der Waals surface area contributed by atoms with Gasteiger partial charge in [-0.05, 0) is 49.2 Å². The highest BCUT2D eigenvalue weighted by Crippen LogP contribution is 2.28. The van der Waals surface area contributed by atoms with Gasteiger partial charge in [0.25, 0.3) is 0 Å². The maximum atomic E-state index is 12.7. The minimum atomic E-state index is -0.144. The smallest absolute Gasteiger partial charge is 0.321 e. The van der Waals surface area contributed by atoms with Gasteiger partial charge in [0.05, 0.1) is 13.0 Å². The number of nitrogens with one attached hydrogen (secondary N) is 1. The molecule has 1 unspecified atom stereocenters. The van der Waals surface area contributed by atoms with Crippen LogP contribution >= 0.6 is 11.6 Å². The van der Waals surface area contributed by atoms with E-state index in [2.05, 4.69) is 15.5 Å². The predicted molar refractivity (Wildman–Crippen MR) is 110 cm³/mol. The van der Waals surface area contributed by atoms with Crippen molar-refractivity contribution < 1.29 is 14.1 Å². The molecule has 1 saturated heterocycles. The van der Waals surface area contributed by atoms with Gasteiger partial charge < -0.3 is 19.5 Å². The van der Waals surface area contributed by atoms with Crippen LogP contribution in [0, 0.1) is 0 Å². The molecule has 150 valence electrons. The number of carbonyl (C=O) groups excluding carboxylic acids is 1. The third-order valence-electron chi connectivity index (χ3n) is 4.92. The van der Waals surface area contributed by atoms with Gasteiger partial charge in [0.1, 0.15) is 5.75 Å². The van der Waals surface area contributed by atoms with Gasteiger partial charge in [-0.3, -0.25) is 0 Å². The van der Waals surface area contributed by atoms with E-state index >= 15 is 0 Å². The van der Waals surface area contributed by atoms with E-state index in [9.17, 15) is 4.79 Å². The second-order valence-electron chi connectivity index (χ2n) is 6.91. The topological polar surface area (TPSA) is 80.5 Å². The van der Waals surface area contributed by atoms with E-state index in [0.717, 1.165) is 29.8 Å². The Balaban J connectivity index is 1.42. The molecule has 8 heteroatoms. The second-order valence-corrected chi connectivity index (χ2v) is 7.35. The van der Waals surface area contributed by atoms with Crippen LogP contribution in [-0.4, -0.2) is 41.3 Å². The number of ether oxygens (including phenoxy) is 1. The van der Waals surface area contributed by atoms with Crippen molar-refractivity contribution in [3.05, 3.63) is 59.4 Å². The highest BCUT2D eigenvalue weighted by molar-refractivity contribution is 6.30. The summed E-state index contributed by atoms with van der Waals surface area (Å²) in [5, 5.41) is 7.62. The molecule has 1 aliphatic heterocycles. The molecule has 3 aromatic rings. The zero-order valence-electron chi connectivity index (χ0n) is 16.0. The maximum absolute atomic E-state index is 12.7. The number of halogens is 1. The number of methoxy groups -OCH3 is 1. The zero-order chi connectivity index (χ0) is 20.2. The fourth-order valence-corrected chi connectivity index (χ4v) is 3.58. The number of benzene rings is 2. The fraction of sp³-hybridized carbons (Fsp3) is 0.286. The van der Waals surface area contributed by atoms with Crippen molar-refractivity contribution in [1.82, 2.24) is 15.0 Å². The van der Waals surface area contributed by atoms with Crippen LogP contribution in [0.2, 0.25) is 5.02 Å². The number of nitrogens with zero attached hydrogens (tertiary/aromatic N) is 3. The van der Waals surface area contributed by atoms with Crippen molar-refractivity contribution in [2.24, 2.45) is 0 Å². The number of rotatable bonds is 4. The highest BCUT2D eigenvalue weighted by Gasteiger charge is 2.28. The third kappa shape index (κ3) is 4.51.